The van der Waals surface area contributed by atoms with Gasteiger partial charge in [0.2, 0.25) is 0 Å². The summed E-state index contributed by atoms with van der Waals surface area (Å²) in [5, 5.41) is 0. The quantitative estimate of drug-likeness (QED) is 0.668. The first-order chi connectivity index (χ1) is 6.76. The minimum absolute atomic E-state index is 0.0313. The van der Waals surface area contributed by atoms with E-state index in [1.54, 1.807) is 20.8 Å². The van der Waals surface area contributed by atoms with Crippen LogP contribution in [0.2, 0.25) is 0 Å². The van der Waals surface area contributed by atoms with Gasteiger partial charge in [0, 0.05) is 13.5 Å². The Bertz CT molecular complexity index is 232. The normalized spacial score (nSPS) is 13.4. The highest BCUT2D eigenvalue weighted by molar-refractivity contribution is 5.87. The Hall–Kier alpha value is -0.940. The van der Waals surface area contributed by atoms with Gasteiger partial charge < -0.3 is 15.2 Å². The van der Waals surface area contributed by atoms with Crippen LogP contribution in [0.4, 0.5) is 0 Å². The number of Topliss-reactive ketones (excluding diaryl/α,β-unsaturated/α-hetero) is 1. The van der Waals surface area contributed by atoms with E-state index in [-0.39, 0.29) is 18.8 Å². The minimum atomic E-state index is -0.910. The molecule has 0 aromatic rings. The second kappa shape index (κ2) is 5.82. The number of ether oxygens (including phenoxy) is 2. The summed E-state index contributed by atoms with van der Waals surface area (Å²) >= 11 is 0. The second-order valence-corrected chi connectivity index (χ2v) is 4.32. The first-order valence-electron chi connectivity index (χ1n) is 4.75. The van der Waals surface area contributed by atoms with Gasteiger partial charge in [-0.2, -0.15) is 0 Å². The number of rotatable bonds is 5. The lowest BCUT2D eigenvalue weighted by molar-refractivity contribution is -0.157. The highest BCUT2D eigenvalue weighted by Gasteiger charge is 2.23. The van der Waals surface area contributed by atoms with E-state index in [1.165, 1.54) is 7.11 Å². The number of esters is 1. The van der Waals surface area contributed by atoms with E-state index in [9.17, 15) is 9.59 Å². The molecule has 0 radical (unpaired) electrons. The number of ketones is 1. The molecule has 15 heavy (non-hydrogen) atoms. The van der Waals surface area contributed by atoms with Gasteiger partial charge in [-0.1, -0.05) is 0 Å². The molecule has 5 nitrogen and oxygen atoms in total. The van der Waals surface area contributed by atoms with Crippen molar-refractivity contribution in [2.45, 2.75) is 38.8 Å². The van der Waals surface area contributed by atoms with Crippen molar-refractivity contribution in [2.75, 3.05) is 13.7 Å². The molecule has 2 N–H and O–H groups in total. The highest BCUT2D eigenvalue weighted by Crippen LogP contribution is 2.08. The van der Waals surface area contributed by atoms with Gasteiger partial charge in [0.25, 0.3) is 0 Å². The predicted octanol–water partition coefficient (Wildman–Crippen LogP) is 0.261. The SMILES string of the molecule is COCC(=O)CC(N)C(=O)OC(C)(C)C. The monoisotopic (exact) mass is 217 g/mol. The molecule has 5 heteroatoms. The summed E-state index contributed by atoms with van der Waals surface area (Å²) in [6, 6.07) is -0.910. The largest absolute Gasteiger partial charge is 0.459 e. The lowest BCUT2D eigenvalue weighted by Crippen LogP contribution is -2.39. The van der Waals surface area contributed by atoms with E-state index in [0.29, 0.717) is 0 Å². The zero-order chi connectivity index (χ0) is 12.1. The fraction of sp³-hybridized carbons (Fsp3) is 0.800. The van der Waals surface area contributed by atoms with E-state index in [2.05, 4.69) is 4.74 Å². The molecule has 0 aliphatic rings. The van der Waals surface area contributed by atoms with E-state index in [1.807, 2.05) is 0 Å². The summed E-state index contributed by atoms with van der Waals surface area (Å²) in [5.74, 6) is -0.775. The third kappa shape index (κ3) is 7.04. The van der Waals surface area contributed by atoms with Gasteiger partial charge in [0.15, 0.2) is 5.78 Å². The maximum atomic E-state index is 11.4. The molecule has 0 fully saturated rings. The second-order valence-electron chi connectivity index (χ2n) is 4.32. The average Bonchev–Trinajstić information content (AvgIpc) is 2.00. The van der Waals surface area contributed by atoms with Gasteiger partial charge in [-0.3, -0.25) is 9.59 Å². The van der Waals surface area contributed by atoms with Crippen molar-refractivity contribution in [3.63, 3.8) is 0 Å². The van der Waals surface area contributed by atoms with E-state index in [0.717, 1.165) is 0 Å². The van der Waals surface area contributed by atoms with Gasteiger partial charge in [-0.25, -0.2) is 0 Å². The van der Waals surface area contributed by atoms with Crippen molar-refractivity contribution < 1.29 is 19.1 Å². The van der Waals surface area contributed by atoms with Gasteiger partial charge in [0.1, 0.15) is 18.2 Å². The Kier molecular flexibility index (Phi) is 5.46. The smallest absolute Gasteiger partial charge is 0.323 e. The molecular formula is C10H19NO4. The van der Waals surface area contributed by atoms with Crippen LogP contribution in [0, 0.1) is 0 Å². The lowest BCUT2D eigenvalue weighted by atomic mass is 10.1. The number of hydrogen-bond donors (Lipinski definition) is 1. The fourth-order valence-corrected chi connectivity index (χ4v) is 0.926. The molecule has 0 amide bonds. The van der Waals surface area contributed by atoms with E-state index < -0.39 is 17.6 Å². The lowest BCUT2D eigenvalue weighted by Gasteiger charge is -2.21. The Morgan fingerprint density at radius 3 is 2.27 bits per heavy atom. The molecule has 0 heterocycles. The van der Waals surface area contributed by atoms with Crippen molar-refractivity contribution >= 4 is 11.8 Å². The summed E-state index contributed by atoms with van der Waals surface area (Å²) in [5.41, 5.74) is 4.92. The standard InChI is InChI=1S/C10H19NO4/c1-10(2,3)15-9(13)8(11)5-7(12)6-14-4/h8H,5-6,11H2,1-4H3. The van der Waals surface area contributed by atoms with E-state index >= 15 is 0 Å². The summed E-state index contributed by atoms with van der Waals surface area (Å²) < 4.78 is 9.65. The summed E-state index contributed by atoms with van der Waals surface area (Å²) in [4.78, 5) is 22.5. The maximum Gasteiger partial charge on any atom is 0.323 e. The molecule has 0 spiro atoms. The third-order valence-corrected chi connectivity index (χ3v) is 1.46. The molecule has 1 unspecified atom stereocenters. The first kappa shape index (κ1) is 14.1. The number of nitrogens with two attached hydrogens (primary N) is 1. The minimum Gasteiger partial charge on any atom is -0.459 e. The topological polar surface area (TPSA) is 78.6 Å². The van der Waals surface area contributed by atoms with Crippen LogP contribution in [-0.2, 0) is 19.1 Å². The number of carbonyl (C=O) groups excluding carboxylic acids is 2. The van der Waals surface area contributed by atoms with Crippen LogP contribution in [0.3, 0.4) is 0 Å². The Balaban J connectivity index is 4.05. The molecule has 0 saturated heterocycles. The fourth-order valence-electron chi connectivity index (χ4n) is 0.926. The Morgan fingerprint density at radius 1 is 1.33 bits per heavy atom. The zero-order valence-electron chi connectivity index (χ0n) is 9.70. The highest BCUT2D eigenvalue weighted by atomic mass is 16.6. The maximum absolute atomic E-state index is 11.4. The van der Waals surface area contributed by atoms with Crippen LogP contribution in [0.5, 0.6) is 0 Å². The van der Waals surface area contributed by atoms with Gasteiger partial charge in [-0.15, -0.1) is 0 Å². The molecule has 0 rings (SSSR count). The number of methoxy groups -OCH3 is 1. The first-order valence-corrected chi connectivity index (χ1v) is 4.75. The van der Waals surface area contributed by atoms with Gasteiger partial charge in [0.05, 0.1) is 0 Å². The molecule has 0 aromatic heterocycles. The van der Waals surface area contributed by atoms with Crippen molar-refractivity contribution in [3.8, 4) is 0 Å². The zero-order valence-corrected chi connectivity index (χ0v) is 9.70. The van der Waals surface area contributed by atoms with Crippen LogP contribution >= 0.6 is 0 Å². The summed E-state index contributed by atoms with van der Waals surface area (Å²) in [7, 11) is 1.41. The molecule has 0 aliphatic carbocycles. The van der Waals surface area contributed by atoms with Crippen LogP contribution in [0.1, 0.15) is 27.2 Å². The predicted molar refractivity (Wildman–Crippen MR) is 55.3 cm³/mol. The van der Waals surface area contributed by atoms with Crippen molar-refractivity contribution in [1.29, 1.82) is 0 Å². The van der Waals surface area contributed by atoms with Gasteiger partial charge in [-0.05, 0) is 20.8 Å². The van der Waals surface area contributed by atoms with Crippen molar-refractivity contribution in [3.05, 3.63) is 0 Å². The molecule has 0 saturated carbocycles. The molecular weight excluding hydrogens is 198 g/mol. The Morgan fingerprint density at radius 2 is 1.87 bits per heavy atom. The van der Waals surface area contributed by atoms with Crippen LogP contribution < -0.4 is 5.73 Å². The third-order valence-electron chi connectivity index (χ3n) is 1.46. The number of hydrogen-bond acceptors (Lipinski definition) is 5. The van der Waals surface area contributed by atoms with Crippen molar-refractivity contribution in [1.82, 2.24) is 0 Å². The Labute approximate surface area is 89.9 Å². The molecule has 0 aromatic carbocycles. The summed E-state index contributed by atoms with van der Waals surface area (Å²) in [6.45, 7) is 5.20. The van der Waals surface area contributed by atoms with Gasteiger partial charge >= 0.3 is 5.97 Å². The molecule has 0 bridgehead atoms. The average molecular weight is 217 g/mol. The molecule has 0 aliphatic heterocycles. The van der Waals surface area contributed by atoms with Crippen molar-refractivity contribution in [2.24, 2.45) is 5.73 Å². The van der Waals surface area contributed by atoms with Crippen LogP contribution in [-0.4, -0.2) is 37.1 Å². The molecule has 88 valence electrons. The summed E-state index contributed by atoms with van der Waals surface area (Å²) in [6.07, 6.45) is -0.0528. The van der Waals surface area contributed by atoms with E-state index in [4.69, 9.17) is 10.5 Å². The number of carbonyl (C=O) groups is 2. The van der Waals surface area contributed by atoms with Crippen LogP contribution in [0.25, 0.3) is 0 Å². The molecule has 1 atom stereocenters. The van der Waals surface area contributed by atoms with Crippen LogP contribution in [0.15, 0.2) is 0 Å².